The molecular weight excluding hydrogens is 716 g/mol. The molecule has 2 amide bonds. The van der Waals surface area contributed by atoms with E-state index < -0.39 is 46.1 Å². The molecule has 0 aliphatic rings. The van der Waals surface area contributed by atoms with Gasteiger partial charge in [0, 0.05) is 0 Å². The van der Waals surface area contributed by atoms with Gasteiger partial charge in [0.1, 0.15) is 0 Å². The molecule has 4 aromatic carbocycles. The first-order valence-corrected chi connectivity index (χ1v) is 20.2. The van der Waals surface area contributed by atoms with Gasteiger partial charge in [0.05, 0.1) is 0 Å². The van der Waals surface area contributed by atoms with Gasteiger partial charge in [0.25, 0.3) is 0 Å². The summed E-state index contributed by atoms with van der Waals surface area (Å²) in [5.74, 6) is -1.43. The molecule has 0 radical (unpaired) electrons. The van der Waals surface area contributed by atoms with Crippen LogP contribution in [0.15, 0.2) is 121 Å². The molecule has 41 heavy (non-hydrogen) atoms. The number of rotatable bonds is 14. The van der Waals surface area contributed by atoms with Crippen molar-refractivity contribution in [3.05, 3.63) is 132 Å². The molecule has 0 aliphatic carbocycles. The fourth-order valence-corrected chi connectivity index (χ4v) is 16.0. The van der Waals surface area contributed by atoms with E-state index in [9.17, 15) is 19.2 Å². The molecule has 4 aromatic rings. The predicted molar refractivity (Wildman–Crippen MR) is 156 cm³/mol. The normalized spacial score (nSPS) is 12.3. The summed E-state index contributed by atoms with van der Waals surface area (Å²) in [6.45, 7) is 0. The van der Waals surface area contributed by atoms with E-state index >= 15 is 0 Å². The van der Waals surface area contributed by atoms with Gasteiger partial charge in [-0.25, -0.2) is 0 Å². The Morgan fingerprint density at radius 3 is 1.20 bits per heavy atom. The van der Waals surface area contributed by atoms with E-state index in [1.807, 2.05) is 72.8 Å². The molecule has 0 aromatic heterocycles. The third-order valence-electron chi connectivity index (χ3n) is 6.47. The SMILES string of the molecule is O=CNC(Cc1ccccc1)C(=O)[O][Pb]([O]C(=O)C(Cc1ccccc1)NC=O)([c]1ccccc1)[c]1ccccc1. The van der Waals surface area contributed by atoms with E-state index in [0.29, 0.717) is 19.1 Å². The number of carbonyl (C=O) groups is 4. The zero-order valence-electron chi connectivity index (χ0n) is 22.2. The van der Waals surface area contributed by atoms with Crippen molar-refractivity contribution in [2.45, 2.75) is 24.9 Å². The summed E-state index contributed by atoms with van der Waals surface area (Å²) in [5.41, 5.74) is 1.64. The van der Waals surface area contributed by atoms with Crippen molar-refractivity contribution < 1.29 is 24.6 Å². The molecule has 0 spiro atoms. The van der Waals surface area contributed by atoms with Crippen LogP contribution in [0.5, 0.6) is 0 Å². The Balaban J connectivity index is 1.75. The molecule has 0 heterocycles. The minimum atomic E-state index is -5.35. The molecule has 8 nitrogen and oxygen atoms in total. The monoisotopic (exact) mass is 746 g/mol. The third-order valence-corrected chi connectivity index (χ3v) is 18.8. The minimum absolute atomic E-state index is 0.184. The van der Waals surface area contributed by atoms with Crippen LogP contribution in [0.2, 0.25) is 0 Å². The summed E-state index contributed by atoms with van der Waals surface area (Å²) in [6, 6.07) is 34.3. The van der Waals surface area contributed by atoms with Crippen molar-refractivity contribution in [3.8, 4) is 0 Å². The van der Waals surface area contributed by atoms with Crippen LogP contribution in [-0.4, -0.2) is 58.9 Å². The molecule has 2 unspecified atom stereocenters. The number of carbonyl (C=O) groups excluding carboxylic acids is 4. The molecule has 0 saturated heterocycles. The van der Waals surface area contributed by atoms with Crippen LogP contribution in [-0.2, 0) is 37.4 Å². The van der Waals surface area contributed by atoms with Crippen LogP contribution < -0.4 is 16.9 Å². The number of hydrogen-bond donors (Lipinski definition) is 2. The molecule has 0 fully saturated rings. The summed E-state index contributed by atoms with van der Waals surface area (Å²) >= 11 is -5.35. The maximum absolute atomic E-state index is 13.8. The molecule has 9 heteroatoms. The van der Waals surface area contributed by atoms with Crippen LogP contribution in [0.1, 0.15) is 11.1 Å². The Kier molecular flexibility index (Phi) is 10.8. The Hall–Kier alpha value is -4.32. The molecule has 208 valence electrons. The van der Waals surface area contributed by atoms with Crippen molar-refractivity contribution in [1.29, 1.82) is 0 Å². The zero-order valence-corrected chi connectivity index (χ0v) is 26.1. The summed E-state index contributed by atoms with van der Waals surface area (Å²) in [6.07, 6.45) is 1.27. The average molecular weight is 746 g/mol. The predicted octanol–water partition coefficient (Wildman–Crippen LogP) is 2.04. The molecule has 0 bridgehead atoms. The quantitative estimate of drug-likeness (QED) is 0.151. The van der Waals surface area contributed by atoms with Gasteiger partial charge in [0.2, 0.25) is 0 Å². The Morgan fingerprint density at radius 1 is 0.561 bits per heavy atom. The summed E-state index contributed by atoms with van der Waals surface area (Å²) in [5, 5.41) is 5.13. The molecule has 0 saturated carbocycles. The van der Waals surface area contributed by atoms with E-state index in [1.54, 1.807) is 48.5 Å². The second-order valence-electron chi connectivity index (χ2n) is 9.24. The number of nitrogens with one attached hydrogen (secondary N) is 2. The fraction of sp³-hybridized carbons (Fsp3) is 0.125. The van der Waals surface area contributed by atoms with Gasteiger partial charge in [-0.2, -0.15) is 0 Å². The van der Waals surface area contributed by atoms with Crippen molar-refractivity contribution >= 4 is 53.1 Å². The van der Waals surface area contributed by atoms with E-state index in [0.717, 1.165) is 11.1 Å². The van der Waals surface area contributed by atoms with Gasteiger partial charge in [-0.3, -0.25) is 0 Å². The summed E-state index contributed by atoms with van der Waals surface area (Å²) in [4.78, 5) is 50.6. The van der Waals surface area contributed by atoms with Crippen LogP contribution in [0.25, 0.3) is 0 Å². The molecule has 2 N–H and O–H groups in total. The van der Waals surface area contributed by atoms with Crippen molar-refractivity contribution in [3.63, 3.8) is 0 Å². The number of benzene rings is 4. The van der Waals surface area contributed by atoms with Gasteiger partial charge < -0.3 is 0 Å². The van der Waals surface area contributed by atoms with Crippen LogP contribution in [0.4, 0.5) is 0 Å². The zero-order chi connectivity index (χ0) is 28.9. The van der Waals surface area contributed by atoms with Crippen molar-refractivity contribution in [2.75, 3.05) is 0 Å². The fourth-order valence-electron chi connectivity index (χ4n) is 4.45. The van der Waals surface area contributed by atoms with Gasteiger partial charge >= 0.3 is 246 Å². The number of hydrogen-bond acceptors (Lipinski definition) is 6. The molecule has 0 aliphatic heterocycles. The second-order valence-corrected chi connectivity index (χ2v) is 20.1. The Morgan fingerprint density at radius 2 is 0.878 bits per heavy atom. The summed E-state index contributed by atoms with van der Waals surface area (Å²) in [7, 11) is 0. The standard InChI is InChI=1S/2C10H11NO3.2C6H5.Pb/c2*12-7-11-9(10(13)14)6-8-4-2-1-3-5-8;2*1-2-4-6-5-3-1;/h2*1-5,7,9H,6H2,(H,11,12)(H,13,14);2*1-5H;/q;;;;+2/p-2. The first-order chi connectivity index (χ1) is 20.1. The van der Waals surface area contributed by atoms with E-state index in [-0.39, 0.29) is 12.8 Å². The van der Waals surface area contributed by atoms with Gasteiger partial charge in [0.15, 0.2) is 0 Å². The van der Waals surface area contributed by atoms with Crippen LogP contribution in [0.3, 0.4) is 0 Å². The van der Waals surface area contributed by atoms with E-state index in [1.165, 1.54) is 0 Å². The first-order valence-electron chi connectivity index (χ1n) is 13.1. The topological polar surface area (TPSA) is 111 Å². The average Bonchev–Trinajstić information content (AvgIpc) is 3.02. The molecule has 2 atom stereocenters. The maximum atomic E-state index is 13.8. The van der Waals surface area contributed by atoms with Gasteiger partial charge in [-0.15, -0.1) is 0 Å². The van der Waals surface area contributed by atoms with Crippen LogP contribution in [0, 0.1) is 0 Å². The Bertz CT molecular complexity index is 1310. The number of amides is 2. The molecular formula is C32H30N2O6Pb. The van der Waals surface area contributed by atoms with E-state index in [2.05, 4.69) is 10.6 Å². The van der Waals surface area contributed by atoms with Crippen LogP contribution >= 0.6 is 0 Å². The summed E-state index contributed by atoms with van der Waals surface area (Å²) < 4.78 is 13.9. The van der Waals surface area contributed by atoms with Gasteiger partial charge in [-0.05, 0) is 0 Å². The first kappa shape index (κ1) is 29.7. The van der Waals surface area contributed by atoms with Gasteiger partial charge in [-0.1, -0.05) is 0 Å². The third kappa shape index (κ3) is 7.88. The van der Waals surface area contributed by atoms with E-state index in [4.69, 9.17) is 5.37 Å². The second kappa shape index (κ2) is 14.9. The molecule has 4 rings (SSSR count). The van der Waals surface area contributed by atoms with Crippen molar-refractivity contribution in [1.82, 2.24) is 10.6 Å². The Labute approximate surface area is 244 Å². The van der Waals surface area contributed by atoms with Crippen molar-refractivity contribution in [2.24, 2.45) is 0 Å².